The first-order valence-corrected chi connectivity index (χ1v) is 6.14. The molecule has 90 valence electrons. The number of hydrogen-bond acceptors (Lipinski definition) is 3. The molecule has 0 saturated heterocycles. The van der Waals surface area contributed by atoms with Crippen LogP contribution in [0.1, 0.15) is 26.7 Å². The monoisotopic (exact) mass is 243 g/mol. The van der Waals surface area contributed by atoms with Crippen LogP contribution in [0.15, 0.2) is 17.2 Å². The predicted octanol–water partition coefficient (Wildman–Crippen LogP) is 2.08. The van der Waals surface area contributed by atoms with Crippen LogP contribution in [0, 0.1) is 0 Å². The van der Waals surface area contributed by atoms with Gasteiger partial charge < -0.3 is 9.88 Å². The van der Waals surface area contributed by atoms with Crippen LogP contribution in [0.5, 0.6) is 0 Å². The van der Waals surface area contributed by atoms with Crippen molar-refractivity contribution in [2.24, 2.45) is 0 Å². The number of hydrogen-bond donors (Lipinski definition) is 1. The van der Waals surface area contributed by atoms with Gasteiger partial charge >= 0.3 is 0 Å². The summed E-state index contributed by atoms with van der Waals surface area (Å²) in [5.74, 6) is 0.865. The second kappa shape index (κ2) is 6.53. The minimum absolute atomic E-state index is 0.0760. The lowest BCUT2D eigenvalue weighted by Crippen LogP contribution is -2.29. The molecule has 0 aromatic carbocycles. The van der Waals surface area contributed by atoms with E-state index in [1.54, 1.807) is 17.0 Å². The van der Waals surface area contributed by atoms with E-state index in [4.69, 9.17) is 11.6 Å². The summed E-state index contributed by atoms with van der Waals surface area (Å²) in [6.45, 7) is 4.77. The maximum absolute atomic E-state index is 11.9. The van der Waals surface area contributed by atoms with Gasteiger partial charge in [-0.2, -0.15) is 0 Å². The molecule has 0 radical (unpaired) electrons. The molecule has 1 unspecified atom stereocenters. The van der Waals surface area contributed by atoms with E-state index in [2.05, 4.69) is 10.3 Å². The Balaban J connectivity index is 2.88. The molecule has 1 N–H and O–H groups in total. The van der Waals surface area contributed by atoms with Gasteiger partial charge in [-0.25, -0.2) is 4.98 Å². The molecule has 0 aliphatic rings. The van der Waals surface area contributed by atoms with E-state index in [9.17, 15) is 4.79 Å². The van der Waals surface area contributed by atoms with Gasteiger partial charge in [-0.1, -0.05) is 13.8 Å². The van der Waals surface area contributed by atoms with E-state index in [0.29, 0.717) is 18.2 Å². The van der Waals surface area contributed by atoms with Crippen molar-refractivity contribution in [2.45, 2.75) is 39.3 Å². The Bertz CT molecular complexity index is 374. The van der Waals surface area contributed by atoms with Gasteiger partial charge in [-0.15, -0.1) is 11.6 Å². The first kappa shape index (κ1) is 13.0. The van der Waals surface area contributed by atoms with Gasteiger partial charge in [0.05, 0.1) is 0 Å². The van der Waals surface area contributed by atoms with Gasteiger partial charge in [-0.3, -0.25) is 4.79 Å². The van der Waals surface area contributed by atoms with Crippen LogP contribution in [0.4, 0.5) is 5.82 Å². The number of nitrogens with zero attached hydrogens (tertiary/aromatic N) is 2. The Kier molecular flexibility index (Phi) is 5.32. The van der Waals surface area contributed by atoms with Crippen LogP contribution in [-0.2, 0) is 6.54 Å². The molecule has 1 rings (SSSR count). The Morgan fingerprint density at radius 3 is 2.88 bits per heavy atom. The molecule has 0 spiro atoms. The van der Waals surface area contributed by atoms with Gasteiger partial charge in [0.2, 0.25) is 0 Å². The molecule has 4 nitrogen and oxygen atoms in total. The second-order valence-corrected chi connectivity index (χ2v) is 3.99. The Morgan fingerprint density at radius 1 is 1.56 bits per heavy atom. The van der Waals surface area contributed by atoms with E-state index in [1.165, 1.54) is 0 Å². The number of rotatable bonds is 6. The Hall–Kier alpha value is -1.03. The molecule has 1 heterocycles. The highest BCUT2D eigenvalue weighted by molar-refractivity contribution is 6.18. The highest BCUT2D eigenvalue weighted by Crippen LogP contribution is 2.02. The van der Waals surface area contributed by atoms with Gasteiger partial charge in [0.15, 0.2) is 5.82 Å². The van der Waals surface area contributed by atoms with Crippen molar-refractivity contribution in [3.8, 4) is 0 Å². The van der Waals surface area contributed by atoms with Crippen molar-refractivity contribution < 1.29 is 0 Å². The maximum atomic E-state index is 11.9. The number of aryl methyl sites for hydroxylation is 1. The third kappa shape index (κ3) is 3.23. The summed E-state index contributed by atoms with van der Waals surface area (Å²) in [6.07, 6.45) is 5.14. The fourth-order valence-corrected chi connectivity index (χ4v) is 1.70. The molecule has 0 aliphatic carbocycles. The van der Waals surface area contributed by atoms with Crippen molar-refractivity contribution in [2.75, 3.05) is 11.2 Å². The standard InChI is InChI=1S/C11H18ClN3O/c1-3-6-15-7-5-13-10(11(15)16)14-9(4-2)8-12/h5,7,9H,3-4,6,8H2,1-2H3,(H,13,14). The zero-order valence-electron chi connectivity index (χ0n) is 9.74. The predicted molar refractivity (Wildman–Crippen MR) is 67.2 cm³/mol. The van der Waals surface area contributed by atoms with Crippen LogP contribution in [0.2, 0.25) is 0 Å². The van der Waals surface area contributed by atoms with Crippen LogP contribution >= 0.6 is 11.6 Å². The van der Waals surface area contributed by atoms with Gasteiger partial charge in [0.25, 0.3) is 5.56 Å². The molecule has 0 aliphatic heterocycles. The normalized spacial score (nSPS) is 12.4. The summed E-state index contributed by atoms with van der Waals surface area (Å²) < 4.78 is 1.66. The van der Waals surface area contributed by atoms with Crippen LogP contribution in [0.3, 0.4) is 0 Å². The molecular weight excluding hydrogens is 226 g/mol. The summed E-state index contributed by atoms with van der Waals surface area (Å²) >= 11 is 5.77. The van der Waals surface area contributed by atoms with Gasteiger partial charge in [-0.05, 0) is 12.8 Å². The van der Waals surface area contributed by atoms with Crippen LogP contribution in [0.25, 0.3) is 0 Å². The average molecular weight is 244 g/mol. The zero-order valence-corrected chi connectivity index (χ0v) is 10.5. The highest BCUT2D eigenvalue weighted by Gasteiger charge is 2.09. The first-order valence-electron chi connectivity index (χ1n) is 5.60. The lowest BCUT2D eigenvalue weighted by atomic mass is 10.2. The van der Waals surface area contributed by atoms with E-state index >= 15 is 0 Å². The van der Waals surface area contributed by atoms with Gasteiger partial charge in [0.1, 0.15) is 0 Å². The number of anilines is 1. The molecule has 5 heteroatoms. The molecule has 1 aromatic rings. The van der Waals surface area contributed by atoms with Crippen molar-refractivity contribution >= 4 is 17.4 Å². The molecule has 0 saturated carbocycles. The van der Waals surface area contributed by atoms with Gasteiger partial charge in [0, 0.05) is 30.9 Å². The molecule has 0 amide bonds. The SMILES string of the molecule is CCCn1ccnc(NC(CC)CCl)c1=O. The number of halogens is 1. The summed E-state index contributed by atoms with van der Waals surface area (Å²) in [5.41, 5.74) is -0.0760. The summed E-state index contributed by atoms with van der Waals surface area (Å²) in [4.78, 5) is 16.0. The first-order chi connectivity index (χ1) is 7.72. The third-order valence-corrected chi connectivity index (χ3v) is 2.77. The van der Waals surface area contributed by atoms with E-state index in [-0.39, 0.29) is 11.6 Å². The summed E-state index contributed by atoms with van der Waals surface area (Å²) in [5, 5.41) is 3.07. The molecular formula is C11H18ClN3O. The Labute approximate surface area is 101 Å². The van der Waals surface area contributed by atoms with Crippen molar-refractivity contribution in [1.82, 2.24) is 9.55 Å². The lowest BCUT2D eigenvalue weighted by molar-refractivity contribution is 0.646. The fraction of sp³-hybridized carbons (Fsp3) is 0.636. The smallest absolute Gasteiger partial charge is 0.293 e. The average Bonchev–Trinajstić information content (AvgIpc) is 2.30. The van der Waals surface area contributed by atoms with E-state index < -0.39 is 0 Å². The molecule has 1 aromatic heterocycles. The fourth-order valence-electron chi connectivity index (χ4n) is 1.41. The summed E-state index contributed by atoms with van der Waals surface area (Å²) in [6, 6.07) is 0.0966. The van der Waals surface area contributed by atoms with Crippen LogP contribution < -0.4 is 10.9 Å². The molecule has 0 fully saturated rings. The number of alkyl halides is 1. The minimum Gasteiger partial charge on any atom is -0.362 e. The largest absolute Gasteiger partial charge is 0.362 e. The van der Waals surface area contributed by atoms with E-state index in [0.717, 1.165) is 12.8 Å². The van der Waals surface area contributed by atoms with E-state index in [1.807, 2.05) is 13.8 Å². The lowest BCUT2D eigenvalue weighted by Gasteiger charge is -2.14. The quantitative estimate of drug-likeness (QED) is 0.779. The Morgan fingerprint density at radius 2 is 2.31 bits per heavy atom. The number of nitrogens with one attached hydrogen (secondary N) is 1. The van der Waals surface area contributed by atoms with Crippen LogP contribution in [-0.4, -0.2) is 21.5 Å². The third-order valence-electron chi connectivity index (χ3n) is 2.40. The second-order valence-electron chi connectivity index (χ2n) is 3.68. The molecule has 1 atom stereocenters. The van der Waals surface area contributed by atoms with Crippen molar-refractivity contribution in [3.05, 3.63) is 22.7 Å². The molecule has 0 bridgehead atoms. The van der Waals surface area contributed by atoms with Crippen molar-refractivity contribution in [1.29, 1.82) is 0 Å². The minimum atomic E-state index is -0.0760. The van der Waals surface area contributed by atoms with Crippen molar-refractivity contribution in [3.63, 3.8) is 0 Å². The highest BCUT2D eigenvalue weighted by atomic mass is 35.5. The maximum Gasteiger partial charge on any atom is 0.293 e. The zero-order chi connectivity index (χ0) is 12.0. The topological polar surface area (TPSA) is 46.9 Å². The number of aromatic nitrogens is 2. The summed E-state index contributed by atoms with van der Waals surface area (Å²) in [7, 11) is 0. The molecule has 16 heavy (non-hydrogen) atoms.